The van der Waals surface area contributed by atoms with Gasteiger partial charge in [-0.05, 0) is 25.0 Å². The Balaban J connectivity index is 2.22. The van der Waals surface area contributed by atoms with Gasteiger partial charge in [-0.1, -0.05) is 25.3 Å². The molecule has 1 saturated carbocycles. The molecule has 0 spiro atoms. The Labute approximate surface area is 106 Å². The van der Waals surface area contributed by atoms with Gasteiger partial charge in [0.15, 0.2) is 9.84 Å². The van der Waals surface area contributed by atoms with E-state index in [1.54, 1.807) is 0 Å². The van der Waals surface area contributed by atoms with Crippen molar-refractivity contribution >= 4 is 9.84 Å². The lowest BCUT2D eigenvalue weighted by molar-refractivity contribution is 0.481. The van der Waals surface area contributed by atoms with Crippen molar-refractivity contribution in [3.63, 3.8) is 0 Å². The molecule has 5 heteroatoms. The number of sulfone groups is 1. The highest BCUT2D eigenvalue weighted by Gasteiger charge is 2.29. The van der Waals surface area contributed by atoms with E-state index < -0.39 is 32.5 Å². The Morgan fingerprint density at radius 3 is 2.17 bits per heavy atom. The summed E-state index contributed by atoms with van der Waals surface area (Å²) in [7, 11) is -3.46. The highest BCUT2D eigenvalue weighted by atomic mass is 32.2. The maximum absolute atomic E-state index is 13.4. The van der Waals surface area contributed by atoms with Crippen LogP contribution in [0.25, 0.3) is 0 Å². The Morgan fingerprint density at radius 1 is 1.06 bits per heavy atom. The molecule has 1 aromatic carbocycles. The van der Waals surface area contributed by atoms with Gasteiger partial charge >= 0.3 is 0 Å². The fraction of sp³-hybridized carbons (Fsp3) is 0.538. The SMILES string of the molecule is O=S(=O)(Cc1c(F)cccc1F)C1CCCCC1. The molecule has 0 N–H and O–H groups in total. The molecular formula is C13H16F2O2S. The average Bonchev–Trinajstić information content (AvgIpc) is 2.35. The first kappa shape index (κ1) is 13.5. The van der Waals surface area contributed by atoms with Crippen LogP contribution in [0.15, 0.2) is 18.2 Å². The molecule has 18 heavy (non-hydrogen) atoms. The molecule has 0 radical (unpaired) electrons. The molecule has 0 saturated heterocycles. The van der Waals surface area contributed by atoms with Crippen molar-refractivity contribution in [2.24, 2.45) is 0 Å². The quantitative estimate of drug-likeness (QED) is 0.848. The van der Waals surface area contributed by atoms with E-state index in [-0.39, 0.29) is 5.56 Å². The van der Waals surface area contributed by atoms with Crippen LogP contribution in [0, 0.1) is 11.6 Å². The van der Waals surface area contributed by atoms with Gasteiger partial charge in [0.05, 0.1) is 11.0 Å². The molecular weight excluding hydrogens is 258 g/mol. The van der Waals surface area contributed by atoms with E-state index in [4.69, 9.17) is 0 Å². The first-order valence-corrected chi connectivity index (χ1v) is 7.87. The average molecular weight is 274 g/mol. The van der Waals surface area contributed by atoms with Gasteiger partial charge in [-0.3, -0.25) is 0 Å². The van der Waals surface area contributed by atoms with Crippen molar-refractivity contribution in [1.29, 1.82) is 0 Å². The second-order valence-electron chi connectivity index (χ2n) is 4.77. The first-order valence-electron chi connectivity index (χ1n) is 6.15. The van der Waals surface area contributed by atoms with Crippen molar-refractivity contribution in [3.8, 4) is 0 Å². The summed E-state index contributed by atoms with van der Waals surface area (Å²) in [4.78, 5) is 0. The molecule has 0 amide bonds. The molecule has 1 aromatic rings. The fourth-order valence-corrected chi connectivity index (χ4v) is 4.38. The van der Waals surface area contributed by atoms with Crippen molar-refractivity contribution in [2.45, 2.75) is 43.1 Å². The van der Waals surface area contributed by atoms with Gasteiger partial charge < -0.3 is 0 Å². The summed E-state index contributed by atoms with van der Waals surface area (Å²) in [6.45, 7) is 0. The van der Waals surface area contributed by atoms with Gasteiger partial charge in [0.2, 0.25) is 0 Å². The summed E-state index contributed by atoms with van der Waals surface area (Å²) >= 11 is 0. The summed E-state index contributed by atoms with van der Waals surface area (Å²) in [6, 6.07) is 3.42. The molecule has 1 fully saturated rings. The van der Waals surface area contributed by atoms with E-state index in [1.807, 2.05) is 0 Å². The lowest BCUT2D eigenvalue weighted by Crippen LogP contribution is -2.26. The van der Waals surface area contributed by atoms with E-state index >= 15 is 0 Å². The molecule has 2 rings (SSSR count). The van der Waals surface area contributed by atoms with Gasteiger partial charge in [-0.2, -0.15) is 0 Å². The van der Waals surface area contributed by atoms with E-state index in [1.165, 1.54) is 6.07 Å². The monoisotopic (exact) mass is 274 g/mol. The van der Waals surface area contributed by atoms with Gasteiger partial charge in [0.25, 0.3) is 0 Å². The molecule has 1 aliphatic carbocycles. The minimum absolute atomic E-state index is 0.330. The Kier molecular flexibility index (Phi) is 4.00. The molecule has 0 atom stereocenters. The van der Waals surface area contributed by atoms with E-state index in [9.17, 15) is 17.2 Å². The molecule has 0 aromatic heterocycles. The topological polar surface area (TPSA) is 34.1 Å². The van der Waals surface area contributed by atoms with Gasteiger partial charge in [-0.15, -0.1) is 0 Å². The van der Waals surface area contributed by atoms with Crippen LogP contribution in [0.2, 0.25) is 0 Å². The summed E-state index contributed by atoms with van der Waals surface area (Å²) in [5.74, 6) is -2.10. The predicted molar refractivity (Wildman–Crippen MR) is 65.9 cm³/mol. The third-order valence-electron chi connectivity index (χ3n) is 3.47. The number of benzene rings is 1. The minimum Gasteiger partial charge on any atom is -0.228 e. The zero-order chi connectivity index (χ0) is 13.2. The Morgan fingerprint density at radius 2 is 1.61 bits per heavy atom. The summed E-state index contributed by atoms with van der Waals surface area (Å²) < 4.78 is 51.1. The summed E-state index contributed by atoms with van der Waals surface area (Å²) in [5.41, 5.74) is -0.330. The molecule has 0 aliphatic heterocycles. The molecule has 0 bridgehead atoms. The van der Waals surface area contributed by atoms with Crippen LogP contribution in [-0.2, 0) is 15.6 Å². The molecule has 100 valence electrons. The number of rotatable bonds is 3. The van der Waals surface area contributed by atoms with Gasteiger partial charge in [0.1, 0.15) is 11.6 Å². The van der Waals surface area contributed by atoms with Crippen LogP contribution in [-0.4, -0.2) is 13.7 Å². The lowest BCUT2D eigenvalue weighted by atomic mass is 10.0. The van der Waals surface area contributed by atoms with Gasteiger partial charge in [-0.25, -0.2) is 17.2 Å². The molecule has 1 aliphatic rings. The Bertz CT molecular complexity index is 500. The molecule has 0 heterocycles. The van der Waals surface area contributed by atoms with Crippen LogP contribution in [0.4, 0.5) is 8.78 Å². The van der Waals surface area contributed by atoms with E-state index in [0.717, 1.165) is 31.4 Å². The lowest BCUT2D eigenvalue weighted by Gasteiger charge is -2.21. The van der Waals surface area contributed by atoms with Gasteiger partial charge in [0, 0.05) is 5.56 Å². The summed E-state index contributed by atoms with van der Waals surface area (Å²) in [6.07, 6.45) is 4.02. The zero-order valence-electron chi connectivity index (χ0n) is 10.0. The van der Waals surface area contributed by atoms with Crippen LogP contribution in [0.3, 0.4) is 0 Å². The molecule has 2 nitrogen and oxygen atoms in total. The maximum atomic E-state index is 13.4. The third kappa shape index (κ3) is 2.88. The van der Waals surface area contributed by atoms with Crippen LogP contribution >= 0.6 is 0 Å². The third-order valence-corrected chi connectivity index (χ3v) is 5.65. The second kappa shape index (κ2) is 5.34. The van der Waals surface area contributed by atoms with E-state index in [2.05, 4.69) is 0 Å². The largest absolute Gasteiger partial charge is 0.228 e. The van der Waals surface area contributed by atoms with Crippen molar-refractivity contribution in [2.75, 3.05) is 0 Å². The predicted octanol–water partition coefficient (Wildman–Crippen LogP) is 3.21. The number of halogens is 2. The Hall–Kier alpha value is -0.970. The highest BCUT2D eigenvalue weighted by Crippen LogP contribution is 2.27. The first-order chi connectivity index (χ1) is 8.50. The van der Waals surface area contributed by atoms with Crippen LogP contribution < -0.4 is 0 Å². The van der Waals surface area contributed by atoms with Crippen LogP contribution in [0.5, 0.6) is 0 Å². The van der Waals surface area contributed by atoms with Crippen LogP contribution in [0.1, 0.15) is 37.7 Å². The molecule has 0 unspecified atom stereocenters. The standard InChI is InChI=1S/C13H16F2O2S/c14-12-7-4-8-13(15)11(12)9-18(16,17)10-5-2-1-3-6-10/h4,7-8,10H,1-3,5-6,9H2. The zero-order valence-corrected chi connectivity index (χ0v) is 10.8. The van der Waals surface area contributed by atoms with E-state index in [0.29, 0.717) is 12.8 Å². The number of hydrogen-bond acceptors (Lipinski definition) is 2. The minimum atomic E-state index is -3.46. The fourth-order valence-electron chi connectivity index (χ4n) is 2.41. The maximum Gasteiger partial charge on any atom is 0.157 e. The van der Waals surface area contributed by atoms with Crippen molar-refractivity contribution in [3.05, 3.63) is 35.4 Å². The van der Waals surface area contributed by atoms with Crippen molar-refractivity contribution < 1.29 is 17.2 Å². The second-order valence-corrected chi connectivity index (χ2v) is 7.05. The summed E-state index contributed by atoms with van der Waals surface area (Å²) in [5, 5.41) is -0.440. The normalized spacial score (nSPS) is 17.9. The van der Waals surface area contributed by atoms with Crippen molar-refractivity contribution in [1.82, 2.24) is 0 Å². The smallest absolute Gasteiger partial charge is 0.157 e. The number of hydrogen-bond donors (Lipinski definition) is 0. The highest BCUT2D eigenvalue weighted by molar-refractivity contribution is 7.91.